The van der Waals surface area contributed by atoms with Crippen LogP contribution in [0.25, 0.3) is 0 Å². The van der Waals surface area contributed by atoms with Gasteiger partial charge in [0.1, 0.15) is 0 Å². The summed E-state index contributed by atoms with van der Waals surface area (Å²) in [5.41, 5.74) is -10.0. The first-order valence-electron chi connectivity index (χ1n) is 8.54. The molecule has 0 fully saturated rings. The topological polar surface area (TPSA) is 55.1 Å². The predicted octanol–water partition coefficient (Wildman–Crippen LogP) is 7.37. The lowest BCUT2D eigenvalue weighted by molar-refractivity contribution is -0.348. The van der Waals surface area contributed by atoms with Crippen LogP contribution in [-0.4, -0.2) is 24.4 Å². The molecule has 0 radical (unpaired) electrons. The lowest BCUT2D eigenvalue weighted by Crippen LogP contribution is -2.50. The first-order valence-corrected chi connectivity index (χ1v) is 9.33. The number of rotatable bonds is 4. The van der Waals surface area contributed by atoms with Gasteiger partial charge in [-0.3, -0.25) is 4.79 Å². The van der Waals surface area contributed by atoms with E-state index in [-0.39, 0.29) is 0 Å². The normalized spacial score (nSPS) is 13.7. The Labute approximate surface area is 194 Å². The molecule has 2 rings (SSSR count). The van der Waals surface area contributed by atoms with Crippen LogP contribution >= 0.6 is 15.9 Å². The molecule has 0 atom stereocenters. The van der Waals surface area contributed by atoms with Crippen LogP contribution in [0.4, 0.5) is 68.5 Å². The zero-order valence-electron chi connectivity index (χ0n) is 16.2. The number of halogens is 14. The molecule has 35 heavy (non-hydrogen) atoms. The largest absolute Gasteiger partial charge is 0.458 e. The highest BCUT2D eigenvalue weighted by Crippen LogP contribution is 2.56. The van der Waals surface area contributed by atoms with E-state index >= 15 is 0 Å². The molecule has 2 aromatic rings. The van der Waals surface area contributed by atoms with Crippen LogP contribution in [0.15, 0.2) is 34.8 Å². The van der Waals surface area contributed by atoms with E-state index in [0.717, 1.165) is 12.1 Å². The summed E-state index contributed by atoms with van der Waals surface area (Å²) < 4.78 is 173. The standard InChI is InChI=1S/C18H8BrF13N2O/c19-9-5-6(14(21,16(24,25)26)17(27,28)29)4-8(15(22,23)18(30,31)32)12(9)34-13(35)7-2-1-3-10(33)11(7)20/h1-5H,33H2,(H,34,35). The number of nitrogens with one attached hydrogen (secondary N) is 1. The number of hydrogen-bond donors (Lipinski definition) is 2. The van der Waals surface area contributed by atoms with Gasteiger partial charge in [0.15, 0.2) is 5.82 Å². The highest BCUT2D eigenvalue weighted by atomic mass is 79.9. The first-order chi connectivity index (χ1) is 15.6. The van der Waals surface area contributed by atoms with Gasteiger partial charge < -0.3 is 11.1 Å². The van der Waals surface area contributed by atoms with Crippen molar-refractivity contribution in [3.05, 3.63) is 57.3 Å². The smallest absolute Gasteiger partial charge is 0.396 e. The van der Waals surface area contributed by atoms with Crippen molar-refractivity contribution >= 4 is 33.2 Å². The molecule has 1 amide bonds. The molecule has 0 aliphatic heterocycles. The average molecular weight is 595 g/mol. The van der Waals surface area contributed by atoms with Crippen LogP contribution < -0.4 is 11.1 Å². The summed E-state index contributed by atoms with van der Waals surface area (Å²) >= 11 is 2.18. The SMILES string of the molecule is Nc1cccc(C(=O)Nc2c(Br)cc(C(F)(C(F)(F)F)C(F)(F)F)cc2C(F)(F)C(F)(F)F)c1F. The molecule has 0 spiro atoms. The van der Waals surface area contributed by atoms with Crippen molar-refractivity contribution in [3.63, 3.8) is 0 Å². The van der Waals surface area contributed by atoms with Crippen LogP contribution in [0.3, 0.4) is 0 Å². The zero-order valence-corrected chi connectivity index (χ0v) is 17.7. The van der Waals surface area contributed by atoms with E-state index in [2.05, 4.69) is 15.9 Å². The molecule has 194 valence electrons. The molecular weight excluding hydrogens is 587 g/mol. The Kier molecular flexibility index (Phi) is 7.12. The van der Waals surface area contributed by atoms with Crippen molar-refractivity contribution in [2.45, 2.75) is 30.1 Å². The summed E-state index contributed by atoms with van der Waals surface area (Å²) in [4.78, 5) is 12.3. The van der Waals surface area contributed by atoms with Gasteiger partial charge in [0.05, 0.1) is 22.5 Å². The summed E-state index contributed by atoms with van der Waals surface area (Å²) in [5.74, 6) is -9.46. The van der Waals surface area contributed by atoms with Crippen molar-refractivity contribution in [1.82, 2.24) is 0 Å². The summed E-state index contributed by atoms with van der Waals surface area (Å²) in [5, 5.41) is 1.35. The first kappa shape index (κ1) is 28.5. The Morgan fingerprint density at radius 1 is 0.829 bits per heavy atom. The molecular formula is C18H8BrF13N2O. The highest BCUT2D eigenvalue weighted by molar-refractivity contribution is 9.10. The predicted molar refractivity (Wildman–Crippen MR) is 97.8 cm³/mol. The minimum Gasteiger partial charge on any atom is -0.396 e. The summed E-state index contributed by atoms with van der Waals surface area (Å²) in [6.07, 6.45) is -20.3. The van der Waals surface area contributed by atoms with Gasteiger partial charge in [-0.25, -0.2) is 8.78 Å². The molecule has 0 saturated carbocycles. The van der Waals surface area contributed by atoms with Gasteiger partial charge in [-0.15, -0.1) is 0 Å². The average Bonchev–Trinajstić information content (AvgIpc) is 2.67. The molecule has 0 aliphatic rings. The lowest BCUT2D eigenvalue weighted by Gasteiger charge is -2.32. The summed E-state index contributed by atoms with van der Waals surface area (Å²) in [7, 11) is 0. The van der Waals surface area contributed by atoms with E-state index in [1.807, 2.05) is 0 Å². The van der Waals surface area contributed by atoms with Crippen LogP contribution in [0.2, 0.25) is 0 Å². The van der Waals surface area contributed by atoms with Crippen molar-refractivity contribution in [2.24, 2.45) is 0 Å². The van der Waals surface area contributed by atoms with E-state index in [9.17, 15) is 61.9 Å². The summed E-state index contributed by atoms with van der Waals surface area (Å²) in [6.45, 7) is 0. The fourth-order valence-corrected chi connectivity index (χ4v) is 3.29. The number of anilines is 2. The van der Waals surface area contributed by atoms with Crippen LogP contribution in [-0.2, 0) is 11.6 Å². The Morgan fingerprint density at radius 3 is 1.80 bits per heavy atom. The Bertz CT molecular complexity index is 1120. The second-order valence-electron chi connectivity index (χ2n) is 6.77. The van der Waals surface area contributed by atoms with Crippen molar-refractivity contribution in [2.75, 3.05) is 11.1 Å². The number of benzene rings is 2. The van der Waals surface area contributed by atoms with Gasteiger partial charge in [-0.1, -0.05) is 6.07 Å². The van der Waals surface area contributed by atoms with E-state index in [1.54, 1.807) is 0 Å². The molecule has 0 aromatic heterocycles. The maximum Gasteiger partial charge on any atom is 0.458 e. The third-order valence-corrected chi connectivity index (χ3v) is 5.10. The van der Waals surface area contributed by atoms with Crippen LogP contribution in [0, 0.1) is 5.82 Å². The maximum atomic E-state index is 14.4. The maximum absolute atomic E-state index is 14.4. The zero-order chi connectivity index (χ0) is 27.4. The number of carbonyl (C=O) groups excluding carboxylic acids is 1. The van der Waals surface area contributed by atoms with Crippen LogP contribution in [0.1, 0.15) is 21.5 Å². The number of amides is 1. The van der Waals surface area contributed by atoms with Gasteiger partial charge in [0, 0.05) is 10.0 Å². The second kappa shape index (κ2) is 8.74. The molecule has 0 bridgehead atoms. The number of nitrogen functional groups attached to an aromatic ring is 1. The fraction of sp³-hybridized carbons (Fsp3) is 0.278. The molecule has 2 aromatic carbocycles. The lowest BCUT2D eigenvalue weighted by atomic mass is 9.90. The number of carbonyl (C=O) groups is 1. The van der Waals surface area contributed by atoms with Gasteiger partial charge in [-0.2, -0.15) is 48.3 Å². The molecule has 0 heterocycles. The van der Waals surface area contributed by atoms with Crippen molar-refractivity contribution in [3.8, 4) is 0 Å². The molecule has 0 aliphatic carbocycles. The highest BCUT2D eigenvalue weighted by Gasteiger charge is 2.74. The third kappa shape index (κ3) is 4.86. The minimum atomic E-state index is -6.86. The number of alkyl halides is 12. The van der Waals surface area contributed by atoms with E-state index in [4.69, 9.17) is 5.73 Å². The Morgan fingerprint density at radius 2 is 1.34 bits per heavy atom. The summed E-state index contributed by atoms with van der Waals surface area (Å²) in [6, 6.07) is 1.13. The molecule has 0 saturated heterocycles. The molecule has 3 N–H and O–H groups in total. The molecule has 17 heteroatoms. The molecule has 3 nitrogen and oxygen atoms in total. The van der Waals surface area contributed by atoms with Gasteiger partial charge >= 0.3 is 30.1 Å². The van der Waals surface area contributed by atoms with E-state index < -0.39 is 86.5 Å². The monoisotopic (exact) mass is 594 g/mol. The minimum absolute atomic E-state index is 0.401. The Balaban J connectivity index is 2.87. The fourth-order valence-electron chi connectivity index (χ4n) is 2.73. The number of nitrogens with two attached hydrogens (primary N) is 1. The van der Waals surface area contributed by atoms with Gasteiger partial charge in [0.2, 0.25) is 0 Å². The molecule has 0 unspecified atom stereocenters. The van der Waals surface area contributed by atoms with Gasteiger partial charge in [-0.05, 0) is 40.2 Å². The van der Waals surface area contributed by atoms with Crippen molar-refractivity contribution in [1.29, 1.82) is 0 Å². The van der Waals surface area contributed by atoms with E-state index in [1.165, 1.54) is 5.32 Å². The van der Waals surface area contributed by atoms with Gasteiger partial charge in [0.25, 0.3) is 5.91 Å². The van der Waals surface area contributed by atoms with Crippen LogP contribution in [0.5, 0.6) is 0 Å². The van der Waals surface area contributed by atoms with E-state index in [0.29, 0.717) is 6.07 Å². The second-order valence-corrected chi connectivity index (χ2v) is 7.62. The third-order valence-electron chi connectivity index (χ3n) is 4.48. The quantitative estimate of drug-likeness (QED) is 0.287. The van der Waals surface area contributed by atoms with Crippen molar-refractivity contribution < 1.29 is 61.9 Å². The number of hydrogen-bond acceptors (Lipinski definition) is 2. The Hall–Kier alpha value is -2.72.